The number of carbonyl (C=O) groups is 1. The number of ether oxygens (including phenoxy) is 1. The first kappa shape index (κ1) is 19.6. The Morgan fingerprint density at radius 1 is 1.26 bits per heavy atom. The van der Waals surface area contributed by atoms with Gasteiger partial charge < -0.3 is 15.0 Å². The van der Waals surface area contributed by atoms with Crippen LogP contribution in [0.2, 0.25) is 0 Å². The molecule has 1 aromatic rings. The number of allylic oxidation sites excluding steroid dienone is 1. The van der Waals surface area contributed by atoms with Crippen LogP contribution in [0.4, 0.5) is 0 Å². The lowest BCUT2D eigenvalue weighted by Gasteiger charge is -2.37. The highest BCUT2D eigenvalue weighted by molar-refractivity contribution is 5.92. The van der Waals surface area contributed by atoms with Crippen LogP contribution in [0.3, 0.4) is 0 Å². The van der Waals surface area contributed by atoms with Gasteiger partial charge in [-0.15, -0.1) is 0 Å². The number of rotatable bonds is 8. The molecule has 1 amide bonds. The average Bonchev–Trinajstić information content (AvgIpc) is 2.74. The van der Waals surface area contributed by atoms with Crippen molar-refractivity contribution in [1.29, 1.82) is 0 Å². The van der Waals surface area contributed by atoms with Crippen molar-refractivity contribution < 1.29 is 9.53 Å². The number of pyridine rings is 1. The first-order valence-electron chi connectivity index (χ1n) is 9.84. The van der Waals surface area contributed by atoms with Crippen LogP contribution >= 0.6 is 0 Å². The molecule has 0 aromatic carbocycles. The lowest BCUT2D eigenvalue weighted by Crippen LogP contribution is -2.46. The number of amides is 1. The molecule has 3 rings (SSSR count). The topological polar surface area (TPSA) is 57.7 Å². The summed E-state index contributed by atoms with van der Waals surface area (Å²) in [5.41, 5.74) is 1.78. The molecule has 1 N–H and O–H groups in total. The summed E-state index contributed by atoms with van der Waals surface area (Å²) in [6.07, 6.45) is 11.6. The number of aromatic nitrogens is 1. The third-order valence-electron chi connectivity index (χ3n) is 5.14. The number of carbonyl (C=O) groups excluding carboxylic acids is 1. The molecule has 6 nitrogen and oxygen atoms in total. The van der Waals surface area contributed by atoms with E-state index >= 15 is 0 Å². The zero-order valence-electron chi connectivity index (χ0n) is 16.1. The van der Waals surface area contributed by atoms with E-state index in [0.717, 1.165) is 52.0 Å². The highest BCUT2D eigenvalue weighted by Crippen LogP contribution is 2.18. The molecule has 27 heavy (non-hydrogen) atoms. The molecular weight excluding hydrogens is 340 g/mol. The van der Waals surface area contributed by atoms with Crippen LogP contribution in [0.25, 0.3) is 0 Å². The van der Waals surface area contributed by atoms with Crippen LogP contribution in [-0.2, 0) is 4.74 Å². The fourth-order valence-corrected chi connectivity index (χ4v) is 3.49. The highest BCUT2D eigenvalue weighted by atomic mass is 16.5. The van der Waals surface area contributed by atoms with E-state index in [0.29, 0.717) is 12.2 Å². The fraction of sp³-hybridized carbons (Fsp3) is 0.524. The lowest BCUT2D eigenvalue weighted by molar-refractivity contribution is 0.0947. The Labute approximate surface area is 161 Å². The van der Waals surface area contributed by atoms with Gasteiger partial charge in [-0.25, -0.2) is 0 Å². The highest BCUT2D eigenvalue weighted by Gasteiger charge is 2.19. The monoisotopic (exact) mass is 370 g/mol. The SMILES string of the molecule is COC1C=C(N2CCN(CCCCNC(=O)c3ccccn3)CC2)C=CC1. The molecule has 146 valence electrons. The first-order valence-corrected chi connectivity index (χ1v) is 9.84. The van der Waals surface area contributed by atoms with Crippen LogP contribution in [0, 0.1) is 0 Å². The van der Waals surface area contributed by atoms with Gasteiger partial charge in [-0.3, -0.25) is 14.7 Å². The zero-order chi connectivity index (χ0) is 18.9. The van der Waals surface area contributed by atoms with Crippen molar-refractivity contribution in [3.05, 3.63) is 54.0 Å². The van der Waals surface area contributed by atoms with Crippen LogP contribution < -0.4 is 5.32 Å². The minimum Gasteiger partial charge on any atom is -0.377 e. The molecule has 0 radical (unpaired) electrons. The molecule has 1 aliphatic heterocycles. The normalized spacial score (nSPS) is 20.4. The van der Waals surface area contributed by atoms with Crippen LogP contribution in [-0.4, -0.2) is 73.2 Å². The molecule has 1 aromatic heterocycles. The van der Waals surface area contributed by atoms with Gasteiger partial charge in [-0.1, -0.05) is 12.1 Å². The maximum absolute atomic E-state index is 11.9. The maximum atomic E-state index is 11.9. The summed E-state index contributed by atoms with van der Waals surface area (Å²) < 4.78 is 5.46. The zero-order valence-corrected chi connectivity index (χ0v) is 16.1. The predicted octanol–water partition coefficient (Wildman–Crippen LogP) is 2.07. The molecule has 0 spiro atoms. The number of hydrogen-bond donors (Lipinski definition) is 1. The fourth-order valence-electron chi connectivity index (χ4n) is 3.49. The molecule has 1 aliphatic carbocycles. The van der Waals surface area contributed by atoms with Gasteiger partial charge in [0.1, 0.15) is 5.69 Å². The minimum absolute atomic E-state index is 0.0904. The number of methoxy groups -OCH3 is 1. The second-order valence-electron chi connectivity index (χ2n) is 7.01. The number of piperazine rings is 1. The quantitative estimate of drug-likeness (QED) is 0.710. The van der Waals surface area contributed by atoms with Crippen molar-refractivity contribution in [2.75, 3.05) is 46.4 Å². The number of unbranched alkanes of at least 4 members (excludes halogenated alkanes) is 1. The molecule has 2 aliphatic rings. The number of nitrogens with zero attached hydrogens (tertiary/aromatic N) is 3. The van der Waals surface area contributed by atoms with Crippen molar-refractivity contribution in [1.82, 2.24) is 20.1 Å². The summed E-state index contributed by atoms with van der Waals surface area (Å²) in [7, 11) is 1.77. The van der Waals surface area contributed by atoms with E-state index in [1.807, 2.05) is 12.1 Å². The van der Waals surface area contributed by atoms with Crippen molar-refractivity contribution in [3.8, 4) is 0 Å². The molecule has 6 heteroatoms. The van der Waals surface area contributed by atoms with Crippen LogP contribution in [0.1, 0.15) is 29.8 Å². The van der Waals surface area contributed by atoms with Gasteiger partial charge in [0, 0.05) is 51.7 Å². The summed E-state index contributed by atoms with van der Waals surface area (Å²) >= 11 is 0. The van der Waals surface area contributed by atoms with Crippen LogP contribution in [0.5, 0.6) is 0 Å². The predicted molar refractivity (Wildman–Crippen MR) is 106 cm³/mol. The Balaban J connectivity index is 1.29. The summed E-state index contributed by atoms with van der Waals surface area (Å²) in [5, 5.41) is 2.94. The smallest absolute Gasteiger partial charge is 0.269 e. The lowest BCUT2D eigenvalue weighted by atomic mass is 10.1. The Morgan fingerprint density at radius 3 is 2.85 bits per heavy atom. The van der Waals surface area contributed by atoms with E-state index in [4.69, 9.17) is 4.74 Å². The molecule has 0 saturated carbocycles. The van der Waals surface area contributed by atoms with Gasteiger partial charge in [-0.05, 0) is 50.1 Å². The van der Waals surface area contributed by atoms with Gasteiger partial charge in [0.15, 0.2) is 0 Å². The summed E-state index contributed by atoms with van der Waals surface area (Å²) in [6.45, 7) is 6.08. The third kappa shape index (κ3) is 5.91. The second-order valence-corrected chi connectivity index (χ2v) is 7.01. The summed E-state index contributed by atoms with van der Waals surface area (Å²) in [6, 6.07) is 5.38. The third-order valence-corrected chi connectivity index (χ3v) is 5.14. The molecule has 2 heterocycles. The molecule has 0 bridgehead atoms. The molecular formula is C21H30N4O2. The Kier molecular flexibility index (Phi) is 7.42. The first-order chi connectivity index (χ1) is 13.3. The van der Waals surface area contributed by atoms with Crippen molar-refractivity contribution in [3.63, 3.8) is 0 Å². The largest absolute Gasteiger partial charge is 0.377 e. The van der Waals surface area contributed by atoms with Crippen molar-refractivity contribution in [2.24, 2.45) is 0 Å². The van der Waals surface area contributed by atoms with E-state index in [2.05, 4.69) is 38.3 Å². The average molecular weight is 370 g/mol. The van der Waals surface area contributed by atoms with E-state index in [-0.39, 0.29) is 12.0 Å². The standard InChI is InChI=1S/C21H30N4O2/c1-27-19-8-6-7-18(17-19)25-15-13-24(14-16-25)12-5-4-11-23-21(26)20-9-2-3-10-22-20/h2-3,6-7,9-10,17,19H,4-5,8,11-16H2,1H3,(H,23,26). The van der Waals surface area contributed by atoms with Gasteiger partial charge >= 0.3 is 0 Å². The van der Waals surface area contributed by atoms with E-state index in [9.17, 15) is 4.79 Å². The van der Waals surface area contributed by atoms with Crippen LogP contribution in [0.15, 0.2) is 48.3 Å². The molecule has 1 fully saturated rings. The van der Waals surface area contributed by atoms with Crippen molar-refractivity contribution in [2.45, 2.75) is 25.4 Å². The number of hydrogen-bond acceptors (Lipinski definition) is 5. The van der Waals surface area contributed by atoms with Gasteiger partial charge in [0.2, 0.25) is 0 Å². The second kappa shape index (κ2) is 10.2. The molecule has 1 saturated heterocycles. The summed E-state index contributed by atoms with van der Waals surface area (Å²) in [4.78, 5) is 21.0. The maximum Gasteiger partial charge on any atom is 0.269 e. The van der Waals surface area contributed by atoms with Gasteiger partial charge in [0.05, 0.1) is 6.10 Å². The molecule has 1 atom stereocenters. The van der Waals surface area contributed by atoms with E-state index in [1.165, 1.54) is 5.70 Å². The van der Waals surface area contributed by atoms with Gasteiger partial charge in [-0.2, -0.15) is 0 Å². The Hall–Kier alpha value is -2.18. The van der Waals surface area contributed by atoms with Crippen molar-refractivity contribution >= 4 is 5.91 Å². The number of nitrogens with one attached hydrogen (secondary N) is 1. The molecule has 1 unspecified atom stereocenters. The Bertz CT molecular complexity index is 651. The van der Waals surface area contributed by atoms with E-state index in [1.54, 1.807) is 19.4 Å². The van der Waals surface area contributed by atoms with E-state index < -0.39 is 0 Å². The Morgan fingerprint density at radius 2 is 2.11 bits per heavy atom. The van der Waals surface area contributed by atoms with Gasteiger partial charge in [0.25, 0.3) is 5.91 Å². The minimum atomic E-state index is -0.0904. The summed E-state index contributed by atoms with van der Waals surface area (Å²) in [5.74, 6) is -0.0904.